The third-order valence-electron chi connectivity index (χ3n) is 4.83. The minimum absolute atomic E-state index is 0.823. The predicted octanol–water partition coefficient (Wildman–Crippen LogP) is 2.75. The molecule has 0 amide bonds. The van der Waals surface area contributed by atoms with Gasteiger partial charge in [0.15, 0.2) is 0 Å². The van der Waals surface area contributed by atoms with Gasteiger partial charge in [-0.25, -0.2) is 9.97 Å². The van der Waals surface area contributed by atoms with Crippen LogP contribution in [0.5, 0.6) is 0 Å². The number of nitrogens with zero attached hydrogens (tertiary/aromatic N) is 4. The van der Waals surface area contributed by atoms with Gasteiger partial charge in [0.25, 0.3) is 0 Å². The summed E-state index contributed by atoms with van der Waals surface area (Å²) in [6.07, 6.45) is 7.38. The van der Waals surface area contributed by atoms with Crippen LogP contribution in [-0.4, -0.2) is 52.0 Å². The van der Waals surface area contributed by atoms with Crippen molar-refractivity contribution in [2.75, 3.05) is 26.2 Å². The van der Waals surface area contributed by atoms with E-state index in [0.29, 0.717) is 0 Å². The third kappa shape index (κ3) is 2.96. The van der Waals surface area contributed by atoms with Gasteiger partial charge in [-0.15, -0.1) is 11.3 Å². The van der Waals surface area contributed by atoms with Gasteiger partial charge in [0.05, 0.1) is 16.8 Å². The largest absolute Gasteiger partial charge is 0.300 e. The van der Waals surface area contributed by atoms with E-state index < -0.39 is 0 Å². The van der Waals surface area contributed by atoms with Crippen molar-refractivity contribution in [1.29, 1.82) is 0 Å². The van der Waals surface area contributed by atoms with E-state index in [2.05, 4.69) is 31.2 Å². The Labute approximate surface area is 129 Å². The van der Waals surface area contributed by atoms with Crippen molar-refractivity contribution in [2.45, 2.75) is 38.3 Å². The molecule has 2 fully saturated rings. The Bertz CT molecular complexity index is 597. The Morgan fingerprint density at radius 1 is 1.14 bits per heavy atom. The molecule has 4 nitrogen and oxygen atoms in total. The summed E-state index contributed by atoms with van der Waals surface area (Å²) in [5.41, 5.74) is 1.09. The molecule has 0 aliphatic carbocycles. The lowest BCUT2D eigenvalue weighted by Gasteiger charge is -2.36. The Balaban J connectivity index is 1.35. The number of likely N-dealkylation sites (tertiary alicyclic amines) is 2. The Hall–Kier alpha value is -1.04. The van der Waals surface area contributed by atoms with Crippen molar-refractivity contribution in [1.82, 2.24) is 19.8 Å². The SMILES string of the molecule is c1cc2nc(CN3CCC(N4CCCC4)CC3)ncc2s1. The molecule has 0 N–H and O–H groups in total. The number of rotatable bonds is 3. The second-order valence-corrected chi connectivity index (χ2v) is 7.15. The van der Waals surface area contributed by atoms with Crippen molar-refractivity contribution in [3.63, 3.8) is 0 Å². The van der Waals surface area contributed by atoms with E-state index >= 15 is 0 Å². The van der Waals surface area contributed by atoms with Gasteiger partial charge in [0, 0.05) is 25.3 Å². The molecule has 2 aromatic rings. The lowest BCUT2D eigenvalue weighted by Crippen LogP contribution is -2.43. The summed E-state index contributed by atoms with van der Waals surface area (Å²) < 4.78 is 1.19. The first-order valence-corrected chi connectivity index (χ1v) is 8.92. The molecule has 2 aliphatic heterocycles. The Morgan fingerprint density at radius 2 is 1.95 bits per heavy atom. The maximum Gasteiger partial charge on any atom is 0.143 e. The highest BCUT2D eigenvalue weighted by Crippen LogP contribution is 2.22. The zero-order chi connectivity index (χ0) is 14.1. The number of fused-ring (bicyclic) bond motifs is 1. The van der Waals surface area contributed by atoms with Crippen LogP contribution in [0.25, 0.3) is 10.2 Å². The molecule has 2 aliphatic rings. The van der Waals surface area contributed by atoms with E-state index in [0.717, 1.165) is 23.9 Å². The fraction of sp³-hybridized carbons (Fsp3) is 0.625. The van der Waals surface area contributed by atoms with Gasteiger partial charge in [-0.3, -0.25) is 4.90 Å². The van der Waals surface area contributed by atoms with E-state index in [4.69, 9.17) is 0 Å². The van der Waals surface area contributed by atoms with E-state index in [1.807, 2.05) is 6.20 Å². The van der Waals surface area contributed by atoms with Gasteiger partial charge < -0.3 is 4.90 Å². The first kappa shape index (κ1) is 13.6. The van der Waals surface area contributed by atoms with Crippen LogP contribution in [0.3, 0.4) is 0 Å². The molecule has 21 heavy (non-hydrogen) atoms. The molecule has 0 aromatic carbocycles. The van der Waals surface area contributed by atoms with Crippen LogP contribution in [0.1, 0.15) is 31.5 Å². The number of aromatic nitrogens is 2. The van der Waals surface area contributed by atoms with E-state index in [9.17, 15) is 0 Å². The molecule has 0 spiro atoms. The van der Waals surface area contributed by atoms with Crippen LogP contribution in [0, 0.1) is 0 Å². The maximum absolute atomic E-state index is 4.67. The van der Waals surface area contributed by atoms with Crippen LogP contribution in [0.4, 0.5) is 0 Å². The van der Waals surface area contributed by atoms with Crippen molar-refractivity contribution >= 4 is 21.6 Å². The quantitative estimate of drug-likeness (QED) is 0.873. The number of piperidine rings is 1. The summed E-state index contributed by atoms with van der Waals surface area (Å²) in [4.78, 5) is 14.4. The smallest absolute Gasteiger partial charge is 0.143 e. The van der Waals surface area contributed by atoms with Crippen LogP contribution < -0.4 is 0 Å². The van der Waals surface area contributed by atoms with Crippen molar-refractivity contribution in [3.05, 3.63) is 23.5 Å². The Kier molecular flexibility index (Phi) is 3.88. The summed E-state index contributed by atoms with van der Waals surface area (Å²) in [7, 11) is 0. The highest BCUT2D eigenvalue weighted by Gasteiger charge is 2.26. The van der Waals surface area contributed by atoms with Gasteiger partial charge in [-0.2, -0.15) is 0 Å². The van der Waals surface area contributed by atoms with Gasteiger partial charge >= 0.3 is 0 Å². The van der Waals surface area contributed by atoms with Gasteiger partial charge in [-0.05, 0) is 50.2 Å². The molecule has 4 heterocycles. The monoisotopic (exact) mass is 302 g/mol. The fourth-order valence-corrected chi connectivity index (χ4v) is 4.32. The van der Waals surface area contributed by atoms with Gasteiger partial charge in [0.2, 0.25) is 0 Å². The van der Waals surface area contributed by atoms with E-state index in [1.165, 1.54) is 56.6 Å². The Morgan fingerprint density at radius 3 is 2.76 bits per heavy atom. The molecule has 0 bridgehead atoms. The molecule has 2 aromatic heterocycles. The number of thiophene rings is 1. The molecule has 0 atom stereocenters. The summed E-state index contributed by atoms with van der Waals surface area (Å²) in [5.74, 6) is 0.973. The normalized spacial score (nSPS) is 22.3. The van der Waals surface area contributed by atoms with Gasteiger partial charge in [-0.1, -0.05) is 0 Å². The first-order chi connectivity index (χ1) is 10.4. The molecule has 2 saturated heterocycles. The lowest BCUT2D eigenvalue weighted by molar-refractivity contribution is 0.121. The molecule has 0 unspecified atom stereocenters. The molecule has 112 valence electrons. The summed E-state index contributed by atoms with van der Waals surface area (Å²) in [6.45, 7) is 5.92. The fourth-order valence-electron chi connectivity index (χ4n) is 3.63. The predicted molar refractivity (Wildman–Crippen MR) is 86.5 cm³/mol. The number of hydrogen-bond acceptors (Lipinski definition) is 5. The van der Waals surface area contributed by atoms with Crippen LogP contribution >= 0.6 is 11.3 Å². The van der Waals surface area contributed by atoms with E-state index in [1.54, 1.807) is 11.3 Å². The van der Waals surface area contributed by atoms with Crippen LogP contribution in [0.15, 0.2) is 17.6 Å². The number of hydrogen-bond donors (Lipinski definition) is 0. The second kappa shape index (κ2) is 5.99. The van der Waals surface area contributed by atoms with Crippen LogP contribution in [0.2, 0.25) is 0 Å². The minimum Gasteiger partial charge on any atom is -0.300 e. The molecule has 5 heteroatoms. The summed E-state index contributed by atoms with van der Waals surface area (Å²) in [5, 5.41) is 2.09. The molecule has 4 rings (SSSR count). The second-order valence-electron chi connectivity index (χ2n) is 6.21. The molecular formula is C16H22N4S. The third-order valence-corrected chi connectivity index (χ3v) is 5.67. The van der Waals surface area contributed by atoms with Crippen molar-refractivity contribution in [3.8, 4) is 0 Å². The minimum atomic E-state index is 0.823. The molecule has 0 saturated carbocycles. The average molecular weight is 302 g/mol. The summed E-state index contributed by atoms with van der Waals surface area (Å²) >= 11 is 1.71. The van der Waals surface area contributed by atoms with Gasteiger partial charge in [0.1, 0.15) is 5.82 Å². The van der Waals surface area contributed by atoms with Crippen molar-refractivity contribution in [2.24, 2.45) is 0 Å². The highest BCUT2D eigenvalue weighted by molar-refractivity contribution is 7.17. The average Bonchev–Trinajstić information content (AvgIpc) is 3.19. The standard InChI is InChI=1S/C16H22N4S/c1-2-7-20(6-1)13-3-8-19(9-4-13)12-16-17-11-15-14(18-16)5-10-21-15/h5,10-11,13H,1-4,6-9,12H2. The summed E-state index contributed by atoms with van der Waals surface area (Å²) in [6, 6.07) is 2.91. The zero-order valence-corrected chi connectivity index (χ0v) is 13.2. The zero-order valence-electron chi connectivity index (χ0n) is 12.4. The van der Waals surface area contributed by atoms with E-state index in [-0.39, 0.29) is 0 Å². The van der Waals surface area contributed by atoms with Crippen LogP contribution in [-0.2, 0) is 6.54 Å². The maximum atomic E-state index is 4.67. The first-order valence-electron chi connectivity index (χ1n) is 8.04. The molecule has 0 radical (unpaired) electrons. The highest BCUT2D eigenvalue weighted by atomic mass is 32.1. The van der Waals surface area contributed by atoms with Crippen molar-refractivity contribution < 1.29 is 0 Å². The topological polar surface area (TPSA) is 32.3 Å². The molecular weight excluding hydrogens is 280 g/mol. The lowest BCUT2D eigenvalue weighted by atomic mass is 10.0.